The maximum atomic E-state index is 5.83. The topological polar surface area (TPSA) is 55.3 Å². The minimum Gasteiger partial charge on any atom is -0.399 e. The molecule has 0 fully saturated rings. The van der Waals surface area contributed by atoms with Crippen molar-refractivity contribution < 1.29 is 0 Å². The zero-order valence-electron chi connectivity index (χ0n) is 16.2. The van der Waals surface area contributed by atoms with Crippen molar-refractivity contribution >= 4 is 28.5 Å². The molecule has 3 heterocycles. The number of benzene rings is 1. The highest BCUT2D eigenvalue weighted by Gasteiger charge is 2.20. The molecule has 3 aromatic heterocycles. The lowest BCUT2D eigenvalue weighted by molar-refractivity contribution is 0.630. The van der Waals surface area contributed by atoms with Crippen molar-refractivity contribution in [1.82, 2.24) is 9.38 Å². The van der Waals surface area contributed by atoms with Crippen molar-refractivity contribution in [3.63, 3.8) is 0 Å². The third-order valence-corrected chi connectivity index (χ3v) is 5.09. The summed E-state index contributed by atoms with van der Waals surface area (Å²) in [5, 5.41) is 3.60. The molecule has 0 aliphatic heterocycles. The van der Waals surface area contributed by atoms with Crippen molar-refractivity contribution in [1.29, 1.82) is 0 Å². The Bertz CT molecular complexity index is 1200. The third-order valence-electron chi connectivity index (χ3n) is 4.08. The molecule has 3 N–H and O–H groups in total. The summed E-state index contributed by atoms with van der Waals surface area (Å²) >= 11 is 1.64. The molecule has 0 bridgehead atoms. The summed E-state index contributed by atoms with van der Waals surface area (Å²) in [5.74, 6) is 7.42. The molecular weight excluding hydrogens is 364 g/mol. The van der Waals surface area contributed by atoms with E-state index >= 15 is 0 Å². The highest BCUT2D eigenvalue weighted by Crippen LogP contribution is 2.35. The minimum absolute atomic E-state index is 0.0757. The van der Waals surface area contributed by atoms with Crippen molar-refractivity contribution in [2.75, 3.05) is 11.1 Å². The Balaban J connectivity index is 1.73. The van der Waals surface area contributed by atoms with Crippen LogP contribution in [0.2, 0.25) is 0 Å². The van der Waals surface area contributed by atoms with Gasteiger partial charge in [0.2, 0.25) is 0 Å². The first-order chi connectivity index (χ1) is 13.4. The molecule has 0 saturated carbocycles. The van der Waals surface area contributed by atoms with E-state index < -0.39 is 0 Å². The number of rotatable bonds is 2. The van der Waals surface area contributed by atoms with Crippen LogP contribution in [0.4, 0.5) is 11.5 Å². The lowest BCUT2D eigenvalue weighted by Gasteiger charge is -2.22. The summed E-state index contributed by atoms with van der Waals surface area (Å²) in [7, 11) is 0. The van der Waals surface area contributed by atoms with Crippen LogP contribution < -0.4 is 11.1 Å². The van der Waals surface area contributed by atoms with Gasteiger partial charge in [0.25, 0.3) is 0 Å². The Labute approximate surface area is 169 Å². The van der Waals surface area contributed by atoms with Crippen LogP contribution in [0.5, 0.6) is 0 Å². The van der Waals surface area contributed by atoms with Crippen molar-refractivity contribution in [3.8, 4) is 22.4 Å². The second kappa shape index (κ2) is 7.06. The van der Waals surface area contributed by atoms with Crippen LogP contribution in [0.25, 0.3) is 16.2 Å². The molecule has 5 heteroatoms. The number of imidazole rings is 1. The van der Waals surface area contributed by atoms with Crippen LogP contribution >= 0.6 is 11.3 Å². The number of hydrogen-bond acceptors (Lipinski definition) is 4. The molecule has 4 nitrogen and oxygen atoms in total. The van der Waals surface area contributed by atoms with Gasteiger partial charge in [-0.25, -0.2) is 4.98 Å². The highest BCUT2D eigenvalue weighted by atomic mass is 32.1. The van der Waals surface area contributed by atoms with Gasteiger partial charge in [-0.1, -0.05) is 24.0 Å². The number of anilines is 2. The van der Waals surface area contributed by atoms with E-state index in [4.69, 9.17) is 10.7 Å². The molecule has 140 valence electrons. The number of fused-ring (bicyclic) bond motifs is 1. The number of aromatic nitrogens is 2. The average Bonchev–Trinajstić information content (AvgIpc) is 3.24. The predicted octanol–water partition coefficient (Wildman–Crippen LogP) is 5.26. The van der Waals surface area contributed by atoms with Crippen LogP contribution in [-0.4, -0.2) is 14.9 Å². The molecule has 0 saturated heterocycles. The monoisotopic (exact) mass is 386 g/mol. The third kappa shape index (κ3) is 3.88. The molecule has 0 aliphatic rings. The Morgan fingerprint density at radius 3 is 2.68 bits per heavy atom. The first-order valence-electron chi connectivity index (χ1n) is 9.12. The van der Waals surface area contributed by atoms with Crippen LogP contribution in [0.15, 0.2) is 60.8 Å². The summed E-state index contributed by atoms with van der Waals surface area (Å²) in [6.45, 7) is 6.45. The van der Waals surface area contributed by atoms with E-state index in [9.17, 15) is 0 Å². The first-order valence-corrected chi connectivity index (χ1v) is 9.94. The summed E-state index contributed by atoms with van der Waals surface area (Å²) in [5.41, 5.74) is 9.26. The number of hydrogen-bond donors (Lipinski definition) is 2. The number of nitrogens with zero attached hydrogens (tertiary/aromatic N) is 2. The molecule has 0 atom stereocenters. The van der Waals surface area contributed by atoms with Gasteiger partial charge in [-0.2, -0.15) is 0 Å². The van der Waals surface area contributed by atoms with Gasteiger partial charge in [0, 0.05) is 23.0 Å². The Morgan fingerprint density at radius 1 is 1.04 bits per heavy atom. The highest BCUT2D eigenvalue weighted by molar-refractivity contribution is 7.16. The van der Waals surface area contributed by atoms with Gasteiger partial charge < -0.3 is 11.1 Å². The number of nitrogen functional groups attached to an aromatic ring is 1. The van der Waals surface area contributed by atoms with Crippen molar-refractivity contribution in [3.05, 3.63) is 71.2 Å². The van der Waals surface area contributed by atoms with Gasteiger partial charge in [-0.3, -0.25) is 4.40 Å². The average molecular weight is 387 g/mol. The molecule has 0 radical (unpaired) electrons. The summed E-state index contributed by atoms with van der Waals surface area (Å²) in [6.07, 6.45) is 2.04. The van der Waals surface area contributed by atoms with Gasteiger partial charge in [-0.15, -0.1) is 11.3 Å². The molecule has 0 spiro atoms. The number of nitrogens with one attached hydrogen (secondary N) is 1. The summed E-state index contributed by atoms with van der Waals surface area (Å²) in [6, 6.07) is 17.8. The molecule has 28 heavy (non-hydrogen) atoms. The molecule has 0 aliphatic carbocycles. The smallest absolute Gasteiger partial charge is 0.140 e. The second-order valence-corrected chi connectivity index (χ2v) is 8.74. The van der Waals surface area contributed by atoms with E-state index in [0.29, 0.717) is 0 Å². The second-order valence-electron chi connectivity index (χ2n) is 7.65. The largest absolute Gasteiger partial charge is 0.399 e. The lowest BCUT2D eigenvalue weighted by atomic mass is 10.1. The Hall–Kier alpha value is -3.23. The molecule has 4 aromatic rings. The van der Waals surface area contributed by atoms with E-state index in [0.717, 1.165) is 38.2 Å². The number of pyridine rings is 1. The Morgan fingerprint density at radius 2 is 1.89 bits per heavy atom. The lowest BCUT2D eigenvalue weighted by Crippen LogP contribution is -2.27. The standard InChI is InChI=1S/C23H22N4S/c1-23(2,3)26-22-21(25-20-9-4-5-14-27(20)22)19-13-12-18(28-19)11-10-16-7-6-8-17(24)15-16/h4-9,12-15,26H,24H2,1-3H3. The van der Waals surface area contributed by atoms with E-state index in [1.54, 1.807) is 11.3 Å². The fourth-order valence-corrected chi connectivity index (χ4v) is 3.77. The normalized spacial score (nSPS) is 11.2. The fraction of sp³-hybridized carbons (Fsp3) is 0.174. The van der Waals surface area contributed by atoms with Crippen molar-refractivity contribution in [2.24, 2.45) is 0 Å². The van der Waals surface area contributed by atoms with E-state index in [2.05, 4.69) is 48.4 Å². The van der Waals surface area contributed by atoms with E-state index in [1.165, 1.54) is 0 Å². The van der Waals surface area contributed by atoms with E-state index in [-0.39, 0.29) is 5.54 Å². The van der Waals surface area contributed by atoms with Crippen LogP contribution in [0.3, 0.4) is 0 Å². The van der Waals surface area contributed by atoms with Gasteiger partial charge in [-0.05, 0) is 63.2 Å². The predicted molar refractivity (Wildman–Crippen MR) is 119 cm³/mol. The zero-order chi connectivity index (χ0) is 19.7. The maximum absolute atomic E-state index is 5.83. The molecule has 0 unspecified atom stereocenters. The van der Waals surface area contributed by atoms with E-state index in [1.807, 2.05) is 54.7 Å². The minimum atomic E-state index is -0.0757. The Kier molecular flexibility index (Phi) is 4.58. The fourth-order valence-electron chi connectivity index (χ4n) is 2.92. The van der Waals surface area contributed by atoms with Gasteiger partial charge in [0.05, 0.1) is 9.75 Å². The molecule has 4 rings (SSSR count). The van der Waals surface area contributed by atoms with Gasteiger partial charge in [0.1, 0.15) is 17.2 Å². The maximum Gasteiger partial charge on any atom is 0.140 e. The van der Waals surface area contributed by atoms with Crippen LogP contribution in [0.1, 0.15) is 31.2 Å². The first kappa shape index (κ1) is 18.1. The van der Waals surface area contributed by atoms with Crippen molar-refractivity contribution in [2.45, 2.75) is 26.3 Å². The number of nitrogens with two attached hydrogens (primary N) is 1. The zero-order valence-corrected chi connectivity index (χ0v) is 17.0. The molecule has 0 amide bonds. The summed E-state index contributed by atoms with van der Waals surface area (Å²) in [4.78, 5) is 6.94. The van der Waals surface area contributed by atoms with Gasteiger partial charge in [0.15, 0.2) is 0 Å². The molecular formula is C23H22N4S. The quantitative estimate of drug-likeness (QED) is 0.365. The number of thiophene rings is 1. The van der Waals surface area contributed by atoms with Crippen LogP contribution in [-0.2, 0) is 0 Å². The van der Waals surface area contributed by atoms with Crippen LogP contribution in [0, 0.1) is 11.8 Å². The molecule has 1 aromatic carbocycles. The van der Waals surface area contributed by atoms with Gasteiger partial charge >= 0.3 is 0 Å². The SMILES string of the molecule is CC(C)(C)Nc1c(-c2ccc(C#Cc3cccc(N)c3)s2)nc2ccccn12. The summed E-state index contributed by atoms with van der Waals surface area (Å²) < 4.78 is 2.10.